The maximum atomic E-state index is 11.9. The van der Waals surface area contributed by atoms with Crippen LogP contribution in [-0.2, 0) is 19.4 Å². The van der Waals surface area contributed by atoms with E-state index in [0.717, 1.165) is 6.08 Å². The van der Waals surface area contributed by atoms with Gasteiger partial charge in [-0.2, -0.15) is 0 Å². The molecule has 0 aliphatic rings. The normalized spacial score (nSPS) is 10.7. The van der Waals surface area contributed by atoms with Crippen LogP contribution < -0.4 is 0 Å². The van der Waals surface area contributed by atoms with E-state index >= 15 is 0 Å². The molecule has 0 amide bonds. The van der Waals surface area contributed by atoms with Crippen LogP contribution in [-0.4, -0.2) is 26.7 Å². The molecule has 5 heteroatoms. The summed E-state index contributed by atoms with van der Waals surface area (Å²) in [6, 6.07) is 8.05. The molecule has 1 rings (SSSR count). The predicted octanol–water partition coefficient (Wildman–Crippen LogP) is 1.75. The van der Waals surface area contributed by atoms with Gasteiger partial charge in [0.05, 0.1) is 10.6 Å². The molecule has 4 nitrogen and oxygen atoms in total. The molecule has 0 aliphatic heterocycles. The van der Waals surface area contributed by atoms with E-state index in [2.05, 4.69) is 13.2 Å². The van der Waals surface area contributed by atoms with E-state index in [1.165, 1.54) is 12.1 Å². The minimum atomic E-state index is -3.43. The lowest BCUT2D eigenvalue weighted by Gasteiger charge is -2.07. The molecule has 0 N–H and O–H groups in total. The monoisotopic (exact) mass is 266 g/mol. The first-order valence-corrected chi connectivity index (χ1v) is 6.84. The van der Waals surface area contributed by atoms with Gasteiger partial charge in [0, 0.05) is 6.08 Å². The number of ether oxygens (including phenoxy) is 1. The summed E-state index contributed by atoms with van der Waals surface area (Å²) in [5.41, 5.74) is 0.314. The Morgan fingerprint density at radius 1 is 1.28 bits per heavy atom. The lowest BCUT2D eigenvalue weighted by Crippen LogP contribution is -2.13. The zero-order chi connectivity index (χ0) is 13.6. The molecular weight excluding hydrogens is 252 g/mol. The minimum Gasteiger partial charge on any atom is -0.458 e. The summed E-state index contributed by atoms with van der Waals surface area (Å²) in [5, 5.41) is 0. The van der Waals surface area contributed by atoms with Crippen LogP contribution in [0, 0.1) is 0 Å². The topological polar surface area (TPSA) is 60.4 Å². The zero-order valence-electron chi connectivity index (χ0n) is 9.83. The second kappa shape index (κ2) is 6.16. The van der Waals surface area contributed by atoms with Crippen molar-refractivity contribution in [2.45, 2.75) is 4.90 Å². The lowest BCUT2D eigenvalue weighted by molar-refractivity contribution is -0.136. The van der Waals surface area contributed by atoms with Crippen molar-refractivity contribution in [1.82, 2.24) is 0 Å². The van der Waals surface area contributed by atoms with Crippen molar-refractivity contribution in [3.63, 3.8) is 0 Å². The highest BCUT2D eigenvalue weighted by atomic mass is 32.2. The van der Waals surface area contributed by atoms with Gasteiger partial charge in [-0.05, 0) is 17.7 Å². The summed E-state index contributed by atoms with van der Waals surface area (Å²) in [5.74, 6) is -0.852. The third kappa shape index (κ3) is 4.18. The molecular formula is C13H14O4S. The Morgan fingerprint density at radius 2 is 1.89 bits per heavy atom. The first-order valence-electron chi connectivity index (χ1n) is 5.19. The molecule has 0 saturated carbocycles. The van der Waals surface area contributed by atoms with Crippen molar-refractivity contribution in [3.05, 3.63) is 55.1 Å². The largest absolute Gasteiger partial charge is 0.458 e. The molecule has 0 atom stereocenters. The van der Waals surface area contributed by atoms with E-state index in [1.54, 1.807) is 18.2 Å². The van der Waals surface area contributed by atoms with E-state index < -0.39 is 15.8 Å². The first kappa shape index (κ1) is 14.2. The van der Waals surface area contributed by atoms with Crippen LogP contribution >= 0.6 is 0 Å². The Hall–Kier alpha value is -1.88. The van der Waals surface area contributed by atoms with Gasteiger partial charge in [0.25, 0.3) is 0 Å². The highest BCUT2D eigenvalue weighted by Gasteiger charge is 2.15. The number of benzene rings is 1. The fraction of sp³-hybridized carbons (Fsp3) is 0.154. The Morgan fingerprint density at radius 3 is 2.44 bits per heavy atom. The van der Waals surface area contributed by atoms with Gasteiger partial charge < -0.3 is 4.74 Å². The van der Waals surface area contributed by atoms with Gasteiger partial charge in [0.1, 0.15) is 6.61 Å². The fourth-order valence-electron chi connectivity index (χ4n) is 1.25. The van der Waals surface area contributed by atoms with Crippen LogP contribution in [0.4, 0.5) is 0 Å². The summed E-state index contributed by atoms with van der Waals surface area (Å²) in [6.07, 6.45) is 1.01. The smallest absolute Gasteiger partial charge is 0.330 e. The van der Waals surface area contributed by atoms with Crippen molar-refractivity contribution in [2.24, 2.45) is 0 Å². The molecule has 0 fully saturated rings. The standard InChI is InChI=1S/C13H14O4S/c1-3-13(14)17-9-11(2)10-18(15,16)12-7-5-4-6-8-12/h3-8H,1-2,9-10H2. The number of carbonyl (C=O) groups excluding carboxylic acids is 1. The maximum absolute atomic E-state index is 11.9. The summed E-state index contributed by atoms with van der Waals surface area (Å²) >= 11 is 0. The molecule has 96 valence electrons. The number of hydrogen-bond donors (Lipinski definition) is 0. The van der Waals surface area contributed by atoms with E-state index in [0.29, 0.717) is 5.57 Å². The van der Waals surface area contributed by atoms with E-state index in [-0.39, 0.29) is 17.3 Å². The van der Waals surface area contributed by atoms with E-state index in [9.17, 15) is 13.2 Å². The van der Waals surface area contributed by atoms with Gasteiger partial charge in [-0.25, -0.2) is 13.2 Å². The number of carbonyl (C=O) groups is 1. The summed E-state index contributed by atoms with van der Waals surface area (Å²) < 4.78 is 28.6. The third-order valence-electron chi connectivity index (χ3n) is 2.08. The van der Waals surface area contributed by atoms with Gasteiger partial charge in [0.15, 0.2) is 9.84 Å². The van der Waals surface area contributed by atoms with Crippen molar-refractivity contribution < 1.29 is 17.9 Å². The third-order valence-corrected chi connectivity index (χ3v) is 3.86. The first-order chi connectivity index (χ1) is 8.45. The Labute approximate surface area is 107 Å². The Balaban J connectivity index is 2.64. The maximum Gasteiger partial charge on any atom is 0.330 e. The fourth-order valence-corrected chi connectivity index (χ4v) is 2.61. The van der Waals surface area contributed by atoms with Gasteiger partial charge in [-0.3, -0.25) is 0 Å². The predicted molar refractivity (Wildman–Crippen MR) is 68.8 cm³/mol. The van der Waals surface area contributed by atoms with Crippen molar-refractivity contribution >= 4 is 15.8 Å². The lowest BCUT2D eigenvalue weighted by atomic mass is 10.4. The van der Waals surface area contributed by atoms with Crippen LogP contribution in [0.2, 0.25) is 0 Å². The van der Waals surface area contributed by atoms with Crippen LogP contribution in [0.25, 0.3) is 0 Å². The Kier molecular flexibility index (Phi) is 4.85. The summed E-state index contributed by atoms with van der Waals surface area (Å²) in [6.45, 7) is 6.69. The van der Waals surface area contributed by atoms with Crippen molar-refractivity contribution in [2.75, 3.05) is 12.4 Å². The molecule has 0 radical (unpaired) electrons. The van der Waals surface area contributed by atoms with Crippen molar-refractivity contribution in [3.8, 4) is 0 Å². The van der Waals surface area contributed by atoms with Gasteiger partial charge in [-0.1, -0.05) is 31.4 Å². The Bertz CT molecular complexity index is 544. The highest BCUT2D eigenvalue weighted by Crippen LogP contribution is 2.12. The average Bonchev–Trinajstić information content (AvgIpc) is 2.36. The quantitative estimate of drug-likeness (QED) is 0.447. The van der Waals surface area contributed by atoms with Gasteiger partial charge >= 0.3 is 5.97 Å². The number of rotatable bonds is 6. The second-order valence-corrected chi connectivity index (χ2v) is 5.62. The molecule has 0 bridgehead atoms. The minimum absolute atomic E-state index is 0.128. The molecule has 0 aliphatic carbocycles. The zero-order valence-corrected chi connectivity index (χ0v) is 10.7. The molecule has 1 aromatic rings. The van der Waals surface area contributed by atoms with Crippen LogP contribution in [0.1, 0.15) is 0 Å². The molecule has 0 saturated heterocycles. The summed E-state index contributed by atoms with van der Waals surface area (Å²) in [4.78, 5) is 11.0. The van der Waals surface area contributed by atoms with Crippen LogP contribution in [0.3, 0.4) is 0 Å². The van der Waals surface area contributed by atoms with Gasteiger partial charge in [-0.15, -0.1) is 0 Å². The second-order valence-electron chi connectivity index (χ2n) is 3.63. The van der Waals surface area contributed by atoms with E-state index in [4.69, 9.17) is 4.74 Å². The molecule has 18 heavy (non-hydrogen) atoms. The van der Waals surface area contributed by atoms with Crippen molar-refractivity contribution in [1.29, 1.82) is 0 Å². The molecule has 0 heterocycles. The number of sulfone groups is 1. The number of hydrogen-bond acceptors (Lipinski definition) is 4. The van der Waals surface area contributed by atoms with Gasteiger partial charge in [0.2, 0.25) is 0 Å². The molecule has 0 spiro atoms. The summed E-state index contributed by atoms with van der Waals surface area (Å²) in [7, 11) is -3.43. The molecule has 0 unspecified atom stereocenters. The highest BCUT2D eigenvalue weighted by molar-refractivity contribution is 7.91. The van der Waals surface area contributed by atoms with E-state index in [1.807, 2.05) is 0 Å². The molecule has 1 aromatic carbocycles. The van der Waals surface area contributed by atoms with Crippen LogP contribution in [0.5, 0.6) is 0 Å². The average molecular weight is 266 g/mol. The molecule has 0 aromatic heterocycles. The van der Waals surface area contributed by atoms with Crippen LogP contribution in [0.15, 0.2) is 60.0 Å². The number of esters is 1. The SMILES string of the molecule is C=CC(=O)OCC(=C)CS(=O)(=O)c1ccccc1.